The summed E-state index contributed by atoms with van der Waals surface area (Å²) in [5, 5.41) is 7.62. The molecule has 0 amide bonds. The zero-order valence-electron chi connectivity index (χ0n) is 8.61. The Bertz CT molecular complexity index is 288. The second-order valence-electron chi connectivity index (χ2n) is 4.15. The van der Waals surface area contributed by atoms with E-state index in [-0.39, 0.29) is 0 Å². The van der Waals surface area contributed by atoms with E-state index in [0.29, 0.717) is 12.1 Å². The van der Waals surface area contributed by atoms with Gasteiger partial charge in [0, 0.05) is 25.3 Å². The zero-order chi connectivity index (χ0) is 9.97. The summed E-state index contributed by atoms with van der Waals surface area (Å²) in [6.07, 6.45) is 7.31. The van der Waals surface area contributed by atoms with E-state index in [1.807, 2.05) is 17.9 Å². The molecule has 78 valence electrons. The molecular formula is C10H18N4. The molecule has 1 aliphatic carbocycles. The van der Waals surface area contributed by atoms with Crippen LogP contribution < -0.4 is 11.1 Å². The van der Waals surface area contributed by atoms with E-state index in [4.69, 9.17) is 5.73 Å². The van der Waals surface area contributed by atoms with Crippen molar-refractivity contribution < 1.29 is 0 Å². The molecule has 2 rings (SSSR count). The summed E-state index contributed by atoms with van der Waals surface area (Å²) in [6, 6.07) is 1.09. The second-order valence-corrected chi connectivity index (χ2v) is 4.15. The maximum atomic E-state index is 5.70. The van der Waals surface area contributed by atoms with Gasteiger partial charge in [-0.1, -0.05) is 0 Å². The average Bonchev–Trinajstić information content (AvgIpc) is 2.48. The van der Waals surface area contributed by atoms with Gasteiger partial charge in [-0.2, -0.15) is 5.10 Å². The van der Waals surface area contributed by atoms with Crippen molar-refractivity contribution in [1.82, 2.24) is 15.1 Å². The minimum atomic E-state index is 0.436. The van der Waals surface area contributed by atoms with Crippen LogP contribution in [0.15, 0.2) is 12.4 Å². The number of nitrogens with one attached hydrogen (secondary N) is 1. The van der Waals surface area contributed by atoms with Crippen LogP contribution in [0.3, 0.4) is 0 Å². The van der Waals surface area contributed by atoms with Crippen molar-refractivity contribution in [1.29, 1.82) is 0 Å². The van der Waals surface area contributed by atoms with Crippen LogP contribution in [0.1, 0.15) is 18.4 Å². The first kappa shape index (κ1) is 9.68. The van der Waals surface area contributed by atoms with Crippen molar-refractivity contribution in [3.63, 3.8) is 0 Å². The summed E-state index contributed by atoms with van der Waals surface area (Å²) in [6.45, 7) is 1.03. The molecule has 1 aliphatic rings. The number of nitrogens with zero attached hydrogens (tertiary/aromatic N) is 2. The smallest absolute Gasteiger partial charge is 0.0522 e. The topological polar surface area (TPSA) is 55.9 Å². The van der Waals surface area contributed by atoms with E-state index in [1.165, 1.54) is 5.56 Å². The van der Waals surface area contributed by atoms with Crippen LogP contribution in [-0.2, 0) is 13.5 Å². The lowest BCUT2D eigenvalue weighted by molar-refractivity contribution is 0.294. The van der Waals surface area contributed by atoms with Crippen molar-refractivity contribution in [2.75, 3.05) is 6.54 Å². The molecule has 0 radical (unpaired) electrons. The SMILES string of the molecule is Cn1cc(CCNC2CC(N)C2)cn1. The maximum Gasteiger partial charge on any atom is 0.0522 e. The van der Waals surface area contributed by atoms with Crippen LogP contribution in [0.2, 0.25) is 0 Å². The summed E-state index contributed by atoms with van der Waals surface area (Å²) in [5.41, 5.74) is 7.00. The molecule has 0 aromatic carbocycles. The molecule has 1 aromatic rings. The predicted octanol–water partition coefficient (Wildman–Crippen LogP) is 0.0419. The van der Waals surface area contributed by atoms with Crippen LogP contribution in [0.25, 0.3) is 0 Å². The Morgan fingerprint density at radius 3 is 3.00 bits per heavy atom. The number of nitrogens with two attached hydrogens (primary N) is 1. The van der Waals surface area contributed by atoms with E-state index in [1.54, 1.807) is 0 Å². The molecule has 1 saturated carbocycles. The average molecular weight is 194 g/mol. The van der Waals surface area contributed by atoms with Crippen molar-refractivity contribution in [2.24, 2.45) is 12.8 Å². The Labute approximate surface area is 84.5 Å². The van der Waals surface area contributed by atoms with Gasteiger partial charge in [0.2, 0.25) is 0 Å². The molecular weight excluding hydrogens is 176 g/mol. The molecule has 0 spiro atoms. The molecule has 0 atom stereocenters. The highest BCUT2D eigenvalue weighted by Crippen LogP contribution is 2.16. The Hall–Kier alpha value is -0.870. The standard InChI is InChI=1S/C10H18N4/c1-14-7-8(6-13-14)2-3-12-10-4-9(11)5-10/h6-7,9-10,12H,2-5,11H2,1H3. The molecule has 0 unspecified atom stereocenters. The van der Waals surface area contributed by atoms with Crippen molar-refractivity contribution in [3.05, 3.63) is 18.0 Å². The lowest BCUT2D eigenvalue weighted by Crippen LogP contribution is -2.48. The zero-order valence-corrected chi connectivity index (χ0v) is 8.61. The predicted molar refractivity (Wildman–Crippen MR) is 55.9 cm³/mol. The maximum absolute atomic E-state index is 5.70. The number of hydrogen-bond acceptors (Lipinski definition) is 3. The first-order valence-corrected chi connectivity index (χ1v) is 5.20. The number of aromatic nitrogens is 2. The number of aryl methyl sites for hydroxylation is 1. The van der Waals surface area contributed by atoms with Crippen molar-refractivity contribution in [3.8, 4) is 0 Å². The summed E-state index contributed by atoms with van der Waals surface area (Å²) in [5.74, 6) is 0. The Kier molecular flexibility index (Phi) is 2.84. The van der Waals surface area contributed by atoms with E-state index in [9.17, 15) is 0 Å². The fraction of sp³-hybridized carbons (Fsp3) is 0.700. The quantitative estimate of drug-likeness (QED) is 0.711. The van der Waals surface area contributed by atoms with Crippen LogP contribution in [-0.4, -0.2) is 28.4 Å². The molecule has 4 nitrogen and oxygen atoms in total. The third-order valence-electron chi connectivity index (χ3n) is 2.78. The fourth-order valence-electron chi connectivity index (χ4n) is 1.85. The molecule has 1 aromatic heterocycles. The van der Waals surface area contributed by atoms with E-state index < -0.39 is 0 Å². The molecule has 1 fully saturated rings. The lowest BCUT2D eigenvalue weighted by atomic mass is 9.87. The van der Waals surface area contributed by atoms with Gasteiger partial charge < -0.3 is 11.1 Å². The normalized spacial score (nSPS) is 26.1. The monoisotopic (exact) mass is 194 g/mol. The highest BCUT2D eigenvalue weighted by molar-refractivity contribution is 5.04. The van der Waals surface area contributed by atoms with Gasteiger partial charge in [0.25, 0.3) is 0 Å². The van der Waals surface area contributed by atoms with E-state index in [2.05, 4.69) is 16.6 Å². The van der Waals surface area contributed by atoms with Gasteiger partial charge in [-0.25, -0.2) is 0 Å². The van der Waals surface area contributed by atoms with Crippen molar-refractivity contribution in [2.45, 2.75) is 31.3 Å². The number of rotatable bonds is 4. The summed E-state index contributed by atoms with van der Waals surface area (Å²) in [7, 11) is 1.95. The summed E-state index contributed by atoms with van der Waals surface area (Å²) >= 11 is 0. The van der Waals surface area contributed by atoms with Gasteiger partial charge in [-0.3, -0.25) is 4.68 Å². The summed E-state index contributed by atoms with van der Waals surface area (Å²) < 4.78 is 1.84. The molecule has 4 heteroatoms. The molecule has 1 heterocycles. The van der Waals surface area contributed by atoms with Crippen LogP contribution >= 0.6 is 0 Å². The fourth-order valence-corrected chi connectivity index (χ4v) is 1.85. The number of hydrogen-bond donors (Lipinski definition) is 2. The molecule has 3 N–H and O–H groups in total. The molecule has 0 aliphatic heterocycles. The minimum absolute atomic E-state index is 0.436. The molecule has 14 heavy (non-hydrogen) atoms. The van der Waals surface area contributed by atoms with Gasteiger partial charge in [-0.15, -0.1) is 0 Å². The first-order valence-electron chi connectivity index (χ1n) is 5.20. The van der Waals surface area contributed by atoms with E-state index in [0.717, 1.165) is 25.8 Å². The van der Waals surface area contributed by atoms with Crippen LogP contribution in [0.5, 0.6) is 0 Å². The van der Waals surface area contributed by atoms with Gasteiger partial charge in [-0.05, 0) is 31.4 Å². The van der Waals surface area contributed by atoms with Crippen LogP contribution in [0.4, 0.5) is 0 Å². The van der Waals surface area contributed by atoms with E-state index >= 15 is 0 Å². The van der Waals surface area contributed by atoms with Gasteiger partial charge >= 0.3 is 0 Å². The first-order chi connectivity index (χ1) is 6.74. The highest BCUT2D eigenvalue weighted by Gasteiger charge is 2.24. The summed E-state index contributed by atoms with van der Waals surface area (Å²) in [4.78, 5) is 0. The Balaban J connectivity index is 1.63. The molecule has 0 saturated heterocycles. The lowest BCUT2D eigenvalue weighted by Gasteiger charge is -2.33. The largest absolute Gasteiger partial charge is 0.328 e. The molecule has 0 bridgehead atoms. The highest BCUT2D eigenvalue weighted by atomic mass is 15.2. The third kappa shape index (κ3) is 2.33. The second kappa shape index (κ2) is 4.11. The van der Waals surface area contributed by atoms with Crippen LogP contribution in [0, 0.1) is 0 Å². The van der Waals surface area contributed by atoms with Gasteiger partial charge in [0.15, 0.2) is 0 Å². The minimum Gasteiger partial charge on any atom is -0.328 e. The van der Waals surface area contributed by atoms with Gasteiger partial charge in [0.05, 0.1) is 6.20 Å². The van der Waals surface area contributed by atoms with Gasteiger partial charge in [0.1, 0.15) is 0 Å². The van der Waals surface area contributed by atoms with Crippen molar-refractivity contribution >= 4 is 0 Å². The third-order valence-corrected chi connectivity index (χ3v) is 2.78. The Morgan fingerprint density at radius 2 is 2.43 bits per heavy atom. The Morgan fingerprint density at radius 1 is 1.64 bits per heavy atom.